The molecule has 1 aromatic heterocycles. The monoisotopic (exact) mass is 269 g/mol. The van der Waals surface area contributed by atoms with Gasteiger partial charge in [-0.1, -0.05) is 12.8 Å². The predicted molar refractivity (Wildman–Crippen MR) is 86.2 cm³/mol. The van der Waals surface area contributed by atoms with Gasteiger partial charge in [-0.25, -0.2) is 0 Å². The maximum atomic E-state index is 5.98. The molecule has 1 aliphatic carbocycles. The molecule has 1 aromatic carbocycles. The number of nitrogens with zero attached hydrogens (tertiary/aromatic N) is 2. The SMILES string of the molecule is CCN(c1cc(C)nc2ccc(N)cc12)C1CCCC1. The highest BCUT2D eigenvalue weighted by atomic mass is 15.2. The van der Waals surface area contributed by atoms with Crippen molar-refractivity contribution in [3.05, 3.63) is 30.0 Å². The molecule has 3 heteroatoms. The topological polar surface area (TPSA) is 42.2 Å². The molecular weight excluding hydrogens is 246 g/mol. The summed E-state index contributed by atoms with van der Waals surface area (Å²) in [5.74, 6) is 0. The Kier molecular flexibility index (Phi) is 3.51. The zero-order valence-electron chi connectivity index (χ0n) is 12.4. The summed E-state index contributed by atoms with van der Waals surface area (Å²) in [5.41, 5.74) is 10.2. The molecule has 0 radical (unpaired) electrons. The van der Waals surface area contributed by atoms with Crippen LogP contribution < -0.4 is 10.6 Å². The molecular formula is C17H23N3. The van der Waals surface area contributed by atoms with Crippen LogP contribution >= 0.6 is 0 Å². The van der Waals surface area contributed by atoms with Crippen molar-refractivity contribution in [2.24, 2.45) is 0 Å². The number of fused-ring (bicyclic) bond motifs is 1. The minimum atomic E-state index is 0.673. The fourth-order valence-electron chi connectivity index (χ4n) is 3.43. The molecule has 106 valence electrons. The van der Waals surface area contributed by atoms with Gasteiger partial charge < -0.3 is 10.6 Å². The Morgan fingerprint density at radius 1 is 1.25 bits per heavy atom. The summed E-state index contributed by atoms with van der Waals surface area (Å²) in [4.78, 5) is 7.18. The van der Waals surface area contributed by atoms with Crippen LogP contribution in [0, 0.1) is 6.92 Å². The van der Waals surface area contributed by atoms with Crippen LogP contribution in [-0.2, 0) is 0 Å². The van der Waals surface area contributed by atoms with E-state index in [-0.39, 0.29) is 0 Å². The molecule has 0 bridgehead atoms. The number of anilines is 2. The second-order valence-corrected chi connectivity index (χ2v) is 5.78. The minimum absolute atomic E-state index is 0.673. The minimum Gasteiger partial charge on any atom is -0.399 e. The molecule has 0 saturated heterocycles. The molecule has 1 saturated carbocycles. The Balaban J connectivity index is 2.14. The summed E-state index contributed by atoms with van der Waals surface area (Å²) in [6.07, 6.45) is 5.31. The fraction of sp³-hybridized carbons (Fsp3) is 0.471. The lowest BCUT2D eigenvalue weighted by Crippen LogP contribution is -2.33. The van der Waals surface area contributed by atoms with E-state index in [1.807, 2.05) is 12.1 Å². The van der Waals surface area contributed by atoms with Crippen molar-refractivity contribution in [1.29, 1.82) is 0 Å². The van der Waals surface area contributed by atoms with Gasteiger partial charge in [0.25, 0.3) is 0 Å². The van der Waals surface area contributed by atoms with Gasteiger partial charge in [0, 0.05) is 35.0 Å². The molecule has 0 aliphatic heterocycles. The molecule has 3 rings (SSSR count). The lowest BCUT2D eigenvalue weighted by Gasteiger charge is -2.31. The van der Waals surface area contributed by atoms with Crippen molar-refractivity contribution in [2.45, 2.75) is 45.6 Å². The zero-order valence-corrected chi connectivity index (χ0v) is 12.4. The first-order valence-corrected chi connectivity index (χ1v) is 7.62. The van der Waals surface area contributed by atoms with Crippen LogP contribution in [0.2, 0.25) is 0 Å². The number of aryl methyl sites for hydroxylation is 1. The Bertz CT molecular complexity index is 615. The van der Waals surface area contributed by atoms with Gasteiger partial charge in [-0.05, 0) is 51.0 Å². The van der Waals surface area contributed by atoms with Crippen LogP contribution in [0.5, 0.6) is 0 Å². The van der Waals surface area contributed by atoms with Gasteiger partial charge in [0.1, 0.15) is 0 Å². The van der Waals surface area contributed by atoms with Crippen molar-refractivity contribution >= 4 is 22.3 Å². The summed E-state index contributed by atoms with van der Waals surface area (Å²) < 4.78 is 0. The lowest BCUT2D eigenvalue weighted by molar-refractivity contribution is 0.621. The van der Waals surface area contributed by atoms with Crippen LogP contribution in [-0.4, -0.2) is 17.6 Å². The van der Waals surface area contributed by atoms with Gasteiger partial charge in [0.05, 0.1) is 5.52 Å². The zero-order chi connectivity index (χ0) is 14.1. The maximum absolute atomic E-state index is 5.98. The van der Waals surface area contributed by atoms with E-state index < -0.39 is 0 Å². The van der Waals surface area contributed by atoms with E-state index in [0.29, 0.717) is 6.04 Å². The van der Waals surface area contributed by atoms with Crippen molar-refractivity contribution in [1.82, 2.24) is 4.98 Å². The Morgan fingerprint density at radius 2 is 2.00 bits per heavy atom. The van der Waals surface area contributed by atoms with E-state index in [9.17, 15) is 0 Å². The number of benzene rings is 1. The van der Waals surface area contributed by atoms with Crippen molar-refractivity contribution in [3.8, 4) is 0 Å². The number of hydrogen-bond donors (Lipinski definition) is 1. The maximum Gasteiger partial charge on any atom is 0.0727 e. The number of aromatic nitrogens is 1. The highest BCUT2D eigenvalue weighted by Crippen LogP contribution is 2.33. The van der Waals surface area contributed by atoms with E-state index >= 15 is 0 Å². The van der Waals surface area contributed by atoms with Crippen LogP contribution in [0.25, 0.3) is 10.9 Å². The molecule has 0 unspecified atom stereocenters. The standard InChI is InChI=1S/C17H23N3/c1-3-20(14-6-4-5-7-14)17-10-12(2)19-16-9-8-13(18)11-15(16)17/h8-11,14H,3-7,18H2,1-2H3. The van der Waals surface area contributed by atoms with E-state index in [1.54, 1.807) is 0 Å². The second kappa shape index (κ2) is 5.31. The molecule has 0 atom stereocenters. The fourth-order valence-corrected chi connectivity index (χ4v) is 3.43. The van der Waals surface area contributed by atoms with Gasteiger partial charge in [0.2, 0.25) is 0 Å². The smallest absolute Gasteiger partial charge is 0.0727 e. The summed E-state index contributed by atoms with van der Waals surface area (Å²) in [6.45, 7) is 5.35. The van der Waals surface area contributed by atoms with Gasteiger partial charge >= 0.3 is 0 Å². The van der Waals surface area contributed by atoms with Crippen LogP contribution in [0.15, 0.2) is 24.3 Å². The third kappa shape index (κ3) is 2.33. The van der Waals surface area contributed by atoms with Crippen molar-refractivity contribution in [2.75, 3.05) is 17.2 Å². The van der Waals surface area contributed by atoms with Crippen molar-refractivity contribution < 1.29 is 0 Å². The largest absolute Gasteiger partial charge is 0.399 e. The highest BCUT2D eigenvalue weighted by molar-refractivity contribution is 5.94. The van der Waals surface area contributed by atoms with E-state index in [2.05, 4.69) is 35.9 Å². The summed E-state index contributed by atoms with van der Waals surface area (Å²) in [6, 6.07) is 8.92. The second-order valence-electron chi connectivity index (χ2n) is 5.78. The lowest BCUT2D eigenvalue weighted by atomic mass is 10.1. The first-order chi connectivity index (χ1) is 9.69. The van der Waals surface area contributed by atoms with Crippen LogP contribution in [0.3, 0.4) is 0 Å². The molecule has 1 heterocycles. The average Bonchev–Trinajstić information content (AvgIpc) is 2.94. The third-order valence-electron chi connectivity index (χ3n) is 4.35. The van der Waals surface area contributed by atoms with Gasteiger partial charge in [-0.15, -0.1) is 0 Å². The molecule has 1 fully saturated rings. The van der Waals surface area contributed by atoms with Crippen LogP contribution in [0.1, 0.15) is 38.3 Å². The van der Waals surface area contributed by atoms with E-state index in [4.69, 9.17) is 5.73 Å². The Labute approximate surface area is 120 Å². The molecule has 1 aliphatic rings. The number of pyridine rings is 1. The normalized spacial score (nSPS) is 15.9. The van der Waals surface area contributed by atoms with Gasteiger partial charge in [-0.3, -0.25) is 4.98 Å². The van der Waals surface area contributed by atoms with Crippen molar-refractivity contribution in [3.63, 3.8) is 0 Å². The predicted octanol–water partition coefficient (Wildman–Crippen LogP) is 3.89. The summed E-state index contributed by atoms with van der Waals surface area (Å²) in [7, 11) is 0. The number of rotatable bonds is 3. The van der Waals surface area contributed by atoms with E-state index in [0.717, 1.165) is 23.4 Å². The highest BCUT2D eigenvalue weighted by Gasteiger charge is 2.23. The first kappa shape index (κ1) is 13.2. The van der Waals surface area contributed by atoms with Crippen LogP contribution in [0.4, 0.5) is 11.4 Å². The Hall–Kier alpha value is -1.77. The number of hydrogen-bond acceptors (Lipinski definition) is 3. The average molecular weight is 269 g/mol. The molecule has 0 spiro atoms. The van der Waals surface area contributed by atoms with E-state index in [1.165, 1.54) is 36.8 Å². The van der Waals surface area contributed by atoms with Gasteiger partial charge in [-0.2, -0.15) is 0 Å². The number of nitrogens with two attached hydrogens (primary N) is 1. The van der Waals surface area contributed by atoms with Gasteiger partial charge in [0.15, 0.2) is 0 Å². The molecule has 2 aromatic rings. The third-order valence-corrected chi connectivity index (χ3v) is 4.35. The first-order valence-electron chi connectivity index (χ1n) is 7.62. The molecule has 0 amide bonds. The molecule has 20 heavy (non-hydrogen) atoms. The summed E-state index contributed by atoms with van der Waals surface area (Å²) >= 11 is 0. The molecule has 2 N–H and O–H groups in total. The summed E-state index contributed by atoms with van der Waals surface area (Å²) in [5, 5.41) is 1.18. The molecule has 3 nitrogen and oxygen atoms in total. The Morgan fingerprint density at radius 3 is 2.70 bits per heavy atom. The quantitative estimate of drug-likeness (QED) is 0.859. The number of nitrogen functional groups attached to an aromatic ring is 1.